The molecule has 5 nitrogen and oxygen atoms in total. The first kappa shape index (κ1) is 15.3. The van der Waals surface area contributed by atoms with Gasteiger partial charge in [0.1, 0.15) is 5.82 Å². The summed E-state index contributed by atoms with van der Waals surface area (Å²) >= 11 is 0. The molecule has 2 N–H and O–H groups in total. The van der Waals surface area contributed by atoms with Gasteiger partial charge in [-0.25, -0.2) is 4.98 Å². The largest absolute Gasteiger partial charge is 0.370 e. The van der Waals surface area contributed by atoms with Gasteiger partial charge in [0.25, 0.3) is 0 Å². The average molecular weight is 302 g/mol. The van der Waals surface area contributed by atoms with Crippen molar-refractivity contribution < 1.29 is 4.79 Å². The van der Waals surface area contributed by atoms with Gasteiger partial charge < -0.3 is 15.5 Å². The Morgan fingerprint density at radius 2 is 2.27 bits per heavy atom. The van der Waals surface area contributed by atoms with Crippen LogP contribution in [0.4, 0.5) is 5.82 Å². The molecule has 1 aromatic rings. The molecule has 2 fully saturated rings. The third kappa shape index (κ3) is 4.70. The van der Waals surface area contributed by atoms with Crippen LogP contribution in [0.15, 0.2) is 18.3 Å². The summed E-state index contributed by atoms with van der Waals surface area (Å²) < 4.78 is 0. The topological polar surface area (TPSA) is 57.3 Å². The predicted octanol–water partition coefficient (Wildman–Crippen LogP) is 1.79. The second-order valence-electron chi connectivity index (χ2n) is 6.65. The van der Waals surface area contributed by atoms with Gasteiger partial charge in [-0.05, 0) is 56.3 Å². The molecule has 1 atom stereocenters. The monoisotopic (exact) mass is 302 g/mol. The number of pyridine rings is 1. The van der Waals surface area contributed by atoms with Gasteiger partial charge in [0.05, 0.1) is 0 Å². The number of amides is 1. The molecule has 1 saturated heterocycles. The molecule has 0 radical (unpaired) electrons. The standard InChI is InChI=1S/C17H26N4O/c1-13-4-7-18-16(10-13)19-11-14-5-8-21(12-14)9-6-17(22)20-15-2-3-15/h4,7,10,14-15H,2-3,5-6,8-9,11-12H2,1H3,(H,18,19)(H,20,22)/t14-/m0/s1. The molecule has 0 aromatic carbocycles. The van der Waals surface area contributed by atoms with E-state index in [1.807, 2.05) is 12.3 Å². The first-order valence-electron chi connectivity index (χ1n) is 8.37. The van der Waals surface area contributed by atoms with Crippen LogP contribution >= 0.6 is 0 Å². The fraction of sp³-hybridized carbons (Fsp3) is 0.647. The van der Waals surface area contributed by atoms with E-state index >= 15 is 0 Å². The quantitative estimate of drug-likeness (QED) is 0.806. The third-order valence-corrected chi connectivity index (χ3v) is 4.45. The summed E-state index contributed by atoms with van der Waals surface area (Å²) in [6.07, 6.45) is 6.00. The number of hydrogen-bond donors (Lipinski definition) is 2. The molecule has 1 aliphatic carbocycles. The molecule has 0 bridgehead atoms. The summed E-state index contributed by atoms with van der Waals surface area (Å²) in [5, 5.41) is 6.48. The molecule has 0 unspecified atom stereocenters. The fourth-order valence-corrected chi connectivity index (χ4v) is 2.95. The van der Waals surface area contributed by atoms with Gasteiger partial charge >= 0.3 is 0 Å². The van der Waals surface area contributed by atoms with E-state index in [-0.39, 0.29) is 5.91 Å². The van der Waals surface area contributed by atoms with Crippen LogP contribution in [0.1, 0.15) is 31.2 Å². The smallest absolute Gasteiger partial charge is 0.221 e. The second kappa shape index (κ2) is 7.09. The van der Waals surface area contributed by atoms with Crippen molar-refractivity contribution in [2.75, 3.05) is 31.5 Å². The molecular weight excluding hydrogens is 276 g/mol. The maximum atomic E-state index is 11.7. The number of rotatable bonds is 7. The number of nitrogens with one attached hydrogen (secondary N) is 2. The van der Waals surface area contributed by atoms with E-state index in [2.05, 4.69) is 33.5 Å². The summed E-state index contributed by atoms with van der Waals surface area (Å²) in [5.41, 5.74) is 1.23. The average Bonchev–Trinajstić information content (AvgIpc) is 3.19. The summed E-state index contributed by atoms with van der Waals surface area (Å²) in [5.74, 6) is 1.82. The van der Waals surface area contributed by atoms with Crippen molar-refractivity contribution in [3.8, 4) is 0 Å². The van der Waals surface area contributed by atoms with Gasteiger partial charge in [-0.2, -0.15) is 0 Å². The van der Waals surface area contributed by atoms with Gasteiger partial charge in [-0.3, -0.25) is 4.79 Å². The Labute approximate surface area is 132 Å². The zero-order valence-electron chi connectivity index (χ0n) is 13.3. The highest BCUT2D eigenvalue weighted by Gasteiger charge is 2.25. The van der Waals surface area contributed by atoms with Gasteiger partial charge in [-0.15, -0.1) is 0 Å². The van der Waals surface area contributed by atoms with Crippen molar-refractivity contribution in [2.24, 2.45) is 5.92 Å². The van der Waals surface area contributed by atoms with E-state index < -0.39 is 0 Å². The van der Waals surface area contributed by atoms with Crippen LogP contribution in [0.2, 0.25) is 0 Å². The van der Waals surface area contributed by atoms with E-state index in [1.165, 1.54) is 12.0 Å². The first-order valence-corrected chi connectivity index (χ1v) is 8.37. The Morgan fingerprint density at radius 3 is 3.05 bits per heavy atom. The fourth-order valence-electron chi connectivity index (χ4n) is 2.95. The normalized spacial score (nSPS) is 21.8. The number of aromatic nitrogens is 1. The minimum Gasteiger partial charge on any atom is -0.370 e. The number of carbonyl (C=O) groups is 1. The van der Waals surface area contributed by atoms with Gasteiger partial charge in [-0.1, -0.05) is 0 Å². The molecule has 1 amide bonds. The summed E-state index contributed by atoms with van der Waals surface area (Å²) in [7, 11) is 0. The zero-order valence-corrected chi connectivity index (χ0v) is 13.3. The molecule has 120 valence electrons. The van der Waals surface area contributed by atoms with Crippen molar-refractivity contribution in [3.63, 3.8) is 0 Å². The number of nitrogens with zero attached hydrogens (tertiary/aromatic N) is 2. The highest BCUT2D eigenvalue weighted by Crippen LogP contribution is 2.19. The SMILES string of the molecule is Cc1ccnc(NC[C@@H]2CCN(CCC(=O)NC3CC3)C2)c1. The molecule has 1 saturated carbocycles. The van der Waals surface area contributed by atoms with Crippen LogP contribution in [-0.2, 0) is 4.79 Å². The summed E-state index contributed by atoms with van der Waals surface area (Å²) in [4.78, 5) is 18.5. The summed E-state index contributed by atoms with van der Waals surface area (Å²) in [6.45, 7) is 6.11. The van der Waals surface area contributed by atoms with Crippen molar-refractivity contribution in [1.29, 1.82) is 0 Å². The predicted molar refractivity (Wildman–Crippen MR) is 87.8 cm³/mol. The summed E-state index contributed by atoms with van der Waals surface area (Å²) in [6, 6.07) is 4.56. The zero-order chi connectivity index (χ0) is 15.4. The first-order chi connectivity index (χ1) is 10.7. The molecular formula is C17H26N4O. The van der Waals surface area contributed by atoms with Crippen molar-refractivity contribution >= 4 is 11.7 Å². The molecule has 3 rings (SSSR count). The van der Waals surface area contributed by atoms with E-state index in [9.17, 15) is 4.79 Å². The minimum absolute atomic E-state index is 0.216. The molecule has 5 heteroatoms. The molecule has 0 spiro atoms. The minimum atomic E-state index is 0.216. The lowest BCUT2D eigenvalue weighted by Crippen LogP contribution is -2.31. The van der Waals surface area contributed by atoms with Crippen molar-refractivity contribution in [1.82, 2.24) is 15.2 Å². The number of aryl methyl sites for hydroxylation is 1. The Kier molecular flexibility index (Phi) is 4.93. The van der Waals surface area contributed by atoms with E-state index in [0.717, 1.165) is 44.8 Å². The Bertz CT molecular complexity index is 515. The van der Waals surface area contributed by atoms with Crippen molar-refractivity contribution in [3.05, 3.63) is 23.9 Å². The Hall–Kier alpha value is -1.62. The lowest BCUT2D eigenvalue weighted by atomic mass is 10.1. The number of likely N-dealkylation sites (tertiary alicyclic amines) is 1. The lowest BCUT2D eigenvalue weighted by molar-refractivity contribution is -0.121. The molecule has 2 heterocycles. The van der Waals surface area contributed by atoms with Gasteiger partial charge in [0, 0.05) is 38.3 Å². The van der Waals surface area contributed by atoms with Crippen LogP contribution in [0, 0.1) is 12.8 Å². The van der Waals surface area contributed by atoms with E-state index in [4.69, 9.17) is 0 Å². The Morgan fingerprint density at radius 1 is 1.41 bits per heavy atom. The van der Waals surface area contributed by atoms with Crippen LogP contribution in [0.5, 0.6) is 0 Å². The molecule has 22 heavy (non-hydrogen) atoms. The third-order valence-electron chi connectivity index (χ3n) is 4.45. The highest BCUT2D eigenvalue weighted by molar-refractivity contribution is 5.76. The number of hydrogen-bond acceptors (Lipinski definition) is 4. The van der Waals surface area contributed by atoms with Crippen LogP contribution in [-0.4, -0.2) is 48.0 Å². The number of carbonyl (C=O) groups excluding carboxylic acids is 1. The Balaban J connectivity index is 1.34. The highest BCUT2D eigenvalue weighted by atomic mass is 16.1. The van der Waals surface area contributed by atoms with Gasteiger partial charge in [0.15, 0.2) is 0 Å². The van der Waals surface area contributed by atoms with Crippen LogP contribution < -0.4 is 10.6 Å². The maximum Gasteiger partial charge on any atom is 0.221 e. The van der Waals surface area contributed by atoms with E-state index in [1.54, 1.807) is 0 Å². The molecule has 1 aliphatic heterocycles. The van der Waals surface area contributed by atoms with E-state index in [0.29, 0.717) is 18.4 Å². The van der Waals surface area contributed by atoms with Crippen LogP contribution in [0.3, 0.4) is 0 Å². The lowest BCUT2D eigenvalue weighted by Gasteiger charge is -2.16. The van der Waals surface area contributed by atoms with Gasteiger partial charge in [0.2, 0.25) is 5.91 Å². The van der Waals surface area contributed by atoms with Crippen LogP contribution in [0.25, 0.3) is 0 Å². The molecule has 2 aliphatic rings. The maximum absolute atomic E-state index is 11.7. The van der Waals surface area contributed by atoms with Crippen molar-refractivity contribution in [2.45, 2.75) is 38.6 Å². The molecule has 1 aromatic heterocycles. The second-order valence-corrected chi connectivity index (χ2v) is 6.65. The number of anilines is 1.